The Labute approximate surface area is 313 Å². The quantitative estimate of drug-likeness (QED) is 0.0916. The van der Waals surface area contributed by atoms with E-state index in [0.717, 1.165) is 41.1 Å². The molecule has 0 spiro atoms. The second-order valence-corrected chi connectivity index (χ2v) is 10.9. The van der Waals surface area contributed by atoms with E-state index < -0.39 is 69.7 Å². The number of hydrogen-bond donors (Lipinski definition) is 0. The van der Waals surface area contributed by atoms with Gasteiger partial charge in [0.05, 0.1) is 19.2 Å². The van der Waals surface area contributed by atoms with Gasteiger partial charge in [0, 0.05) is 59.7 Å². The Bertz CT molecular complexity index is 1920. The molecule has 18 heteroatoms. The van der Waals surface area contributed by atoms with Gasteiger partial charge in [0.1, 0.15) is 45.8 Å². The van der Waals surface area contributed by atoms with Crippen LogP contribution in [-0.4, -0.2) is 50.7 Å². The maximum absolute atomic E-state index is 13.8. The van der Waals surface area contributed by atoms with Crippen molar-refractivity contribution < 1.29 is 74.2 Å². The molecule has 3 unspecified atom stereocenters. The van der Waals surface area contributed by atoms with E-state index in [4.69, 9.17) is 9.47 Å². The molecule has 3 atom stereocenters. The van der Waals surface area contributed by atoms with Crippen molar-refractivity contribution in [3.05, 3.63) is 143 Å². The average Bonchev–Trinajstić information content (AvgIpc) is 3.80. The standard InChI is InChI=1S/C13H12F2N2O2.C11H8F2N2O2.C10H9BrF2O2.Li/c1-2-19-13(18)12(17-7-3-6-16-17)10-5-4-9(14)8-11(10)15;12-7-2-3-8(9(13)6-7)10(11(16)17)15-5-1-4-14-15;1-2-15-10(14)9(11)7-4-3-6(12)5-8(7)13;/h3-8,12H,2H2,1H3;1-6,10H,(H,16,17);3-5,9H,2H2,1H3;/q;;;+1/p-1. The first kappa shape index (κ1) is 43.3. The van der Waals surface area contributed by atoms with Gasteiger partial charge in [0.25, 0.3) is 0 Å². The van der Waals surface area contributed by atoms with Crippen molar-refractivity contribution in [2.24, 2.45) is 0 Å². The molecule has 5 aromatic rings. The molecule has 0 aliphatic rings. The minimum absolute atomic E-state index is 0. The molecule has 0 radical (unpaired) electrons. The molecule has 0 amide bonds. The number of carbonyl (C=O) groups excluding carboxylic acids is 3. The number of alkyl halides is 1. The van der Waals surface area contributed by atoms with Gasteiger partial charge in [-0.1, -0.05) is 34.1 Å². The van der Waals surface area contributed by atoms with Crippen LogP contribution in [-0.2, 0) is 23.9 Å². The summed E-state index contributed by atoms with van der Waals surface area (Å²) in [4.78, 5) is 33.3. The predicted octanol–water partition coefficient (Wildman–Crippen LogP) is 2.78. The van der Waals surface area contributed by atoms with Gasteiger partial charge >= 0.3 is 30.8 Å². The molecule has 0 fully saturated rings. The van der Waals surface area contributed by atoms with Crippen molar-refractivity contribution in [1.82, 2.24) is 19.6 Å². The second-order valence-electron chi connectivity index (χ2n) is 9.96. The van der Waals surface area contributed by atoms with Crippen molar-refractivity contribution in [3.8, 4) is 0 Å². The largest absolute Gasteiger partial charge is 1.00 e. The first-order valence-corrected chi connectivity index (χ1v) is 15.7. The van der Waals surface area contributed by atoms with Crippen LogP contribution >= 0.6 is 15.9 Å². The van der Waals surface area contributed by atoms with Crippen LogP contribution in [0.15, 0.2) is 91.5 Å². The van der Waals surface area contributed by atoms with Crippen molar-refractivity contribution in [2.75, 3.05) is 13.2 Å². The van der Waals surface area contributed by atoms with E-state index >= 15 is 0 Å². The summed E-state index contributed by atoms with van der Waals surface area (Å²) in [6, 6.07) is 9.36. The topological polar surface area (TPSA) is 128 Å². The van der Waals surface area contributed by atoms with Gasteiger partial charge in [0.2, 0.25) is 0 Å². The third kappa shape index (κ3) is 11.9. The minimum Gasteiger partial charge on any atom is -0.547 e. The monoisotopic (exact) mass is 788 g/mol. The third-order valence-corrected chi connectivity index (χ3v) is 7.42. The average molecular weight is 789 g/mol. The summed E-state index contributed by atoms with van der Waals surface area (Å²) in [5.41, 5.74) is -0.117. The fourth-order valence-electron chi connectivity index (χ4n) is 4.34. The van der Waals surface area contributed by atoms with Gasteiger partial charge in [-0.05, 0) is 44.2 Å². The number of aliphatic carboxylic acids is 1. The van der Waals surface area contributed by atoms with E-state index in [0.29, 0.717) is 6.07 Å². The Morgan fingerprint density at radius 3 is 1.42 bits per heavy atom. The number of hydrogen-bond acceptors (Lipinski definition) is 8. The summed E-state index contributed by atoms with van der Waals surface area (Å²) in [5, 5.41) is 18.6. The van der Waals surface area contributed by atoms with Gasteiger partial charge in [-0.3, -0.25) is 14.2 Å². The molecular formula is C34H28BrF6LiN4O6. The van der Waals surface area contributed by atoms with E-state index in [9.17, 15) is 45.8 Å². The molecule has 0 bridgehead atoms. The smallest absolute Gasteiger partial charge is 0.547 e. The maximum atomic E-state index is 13.8. The molecule has 52 heavy (non-hydrogen) atoms. The number of rotatable bonds is 10. The number of halogens is 7. The van der Waals surface area contributed by atoms with Gasteiger partial charge in [-0.15, -0.1) is 0 Å². The summed E-state index contributed by atoms with van der Waals surface area (Å²) in [6.07, 6.45) is 5.71. The molecule has 10 nitrogen and oxygen atoms in total. The summed E-state index contributed by atoms with van der Waals surface area (Å²) in [5.74, 6) is -7.44. The summed E-state index contributed by atoms with van der Waals surface area (Å²) in [6.45, 7) is 3.68. The Morgan fingerprint density at radius 2 is 1.06 bits per heavy atom. The van der Waals surface area contributed by atoms with E-state index in [-0.39, 0.29) is 48.8 Å². The van der Waals surface area contributed by atoms with Gasteiger partial charge in [-0.25, -0.2) is 31.1 Å². The number of carboxylic acids is 1. The van der Waals surface area contributed by atoms with E-state index in [2.05, 4.69) is 26.1 Å². The molecule has 3 aromatic carbocycles. The van der Waals surface area contributed by atoms with Crippen LogP contribution < -0.4 is 24.0 Å². The number of benzene rings is 3. The Hall–Kier alpha value is -4.85. The Balaban J connectivity index is 0.000000270. The molecule has 0 aliphatic heterocycles. The van der Waals surface area contributed by atoms with Crippen molar-refractivity contribution in [2.45, 2.75) is 30.8 Å². The first-order valence-electron chi connectivity index (χ1n) is 14.8. The molecule has 2 heterocycles. The van der Waals surface area contributed by atoms with E-state index in [1.165, 1.54) is 47.7 Å². The van der Waals surface area contributed by atoms with Crippen molar-refractivity contribution in [3.63, 3.8) is 0 Å². The molecular weight excluding hydrogens is 761 g/mol. The van der Waals surface area contributed by atoms with Crippen LogP contribution in [0.2, 0.25) is 0 Å². The molecule has 0 N–H and O–H groups in total. The molecule has 0 saturated heterocycles. The van der Waals surface area contributed by atoms with Crippen molar-refractivity contribution in [1.29, 1.82) is 0 Å². The normalized spacial score (nSPS) is 12.0. The Kier molecular flexibility index (Phi) is 17.4. The van der Waals surface area contributed by atoms with Crippen LogP contribution in [0.25, 0.3) is 0 Å². The zero-order valence-corrected chi connectivity index (χ0v) is 29.3. The molecule has 5 rings (SSSR count). The molecule has 0 aliphatic carbocycles. The van der Waals surface area contributed by atoms with Crippen LogP contribution in [0.4, 0.5) is 26.3 Å². The van der Waals surface area contributed by atoms with Crippen LogP contribution in [0.5, 0.6) is 0 Å². The number of nitrogens with zero attached hydrogens (tertiary/aromatic N) is 4. The molecule has 2 aromatic heterocycles. The predicted molar refractivity (Wildman–Crippen MR) is 170 cm³/mol. The fraction of sp³-hybridized carbons (Fsp3) is 0.206. The van der Waals surface area contributed by atoms with Crippen LogP contribution in [0.3, 0.4) is 0 Å². The first-order chi connectivity index (χ1) is 24.3. The van der Waals surface area contributed by atoms with E-state index in [1.807, 2.05) is 0 Å². The minimum atomic E-state index is -1.51. The fourth-order valence-corrected chi connectivity index (χ4v) is 4.84. The number of esters is 2. The van der Waals surface area contributed by atoms with E-state index in [1.54, 1.807) is 19.9 Å². The van der Waals surface area contributed by atoms with Gasteiger partial charge in [-0.2, -0.15) is 10.2 Å². The molecule has 0 saturated carbocycles. The van der Waals surface area contributed by atoms with Crippen LogP contribution in [0.1, 0.15) is 47.4 Å². The third-order valence-electron chi connectivity index (χ3n) is 6.56. The Morgan fingerprint density at radius 1 is 0.673 bits per heavy atom. The SMILES string of the molecule is CCOC(=O)C(Br)c1ccc(F)cc1F.CCOC(=O)C(c1ccc(F)cc1F)n1cccn1.O=C([O-])C(c1ccc(F)cc1F)n1cccn1.[Li+]. The zero-order valence-electron chi connectivity index (χ0n) is 27.7. The number of ether oxygens (including phenoxy) is 2. The zero-order chi connectivity index (χ0) is 37.7. The molecule has 270 valence electrons. The van der Waals surface area contributed by atoms with Gasteiger partial charge < -0.3 is 19.4 Å². The number of carbonyl (C=O) groups is 3. The second kappa shape index (κ2) is 20.9. The summed E-state index contributed by atoms with van der Waals surface area (Å²) in [7, 11) is 0. The summed E-state index contributed by atoms with van der Waals surface area (Å²) < 4.78 is 90.7. The maximum Gasteiger partial charge on any atom is 1.00 e. The van der Waals surface area contributed by atoms with Crippen LogP contribution in [0, 0.1) is 34.9 Å². The number of aromatic nitrogens is 4. The van der Waals surface area contributed by atoms with Gasteiger partial charge in [0.15, 0.2) is 6.04 Å². The summed E-state index contributed by atoms with van der Waals surface area (Å²) >= 11 is 2.99. The number of carboxylic acid groups (broad SMARTS) is 1. The van der Waals surface area contributed by atoms with Crippen molar-refractivity contribution >= 4 is 33.8 Å².